The lowest BCUT2D eigenvalue weighted by Gasteiger charge is -2.33. The molecule has 2 aliphatic rings. The minimum absolute atomic E-state index is 0.162. The molecule has 4 heteroatoms. The molecule has 3 nitrogen and oxygen atoms in total. The summed E-state index contributed by atoms with van der Waals surface area (Å²) < 4.78 is 13.0. The standard InChI is InChI=1S/C20H29FN2O/c21-19-9-7-17(8-10-19)5-6-18-4-3-12-22(16-18)15-11-20(24)23-13-1-2-14-23/h7-10,18H,1-6,11-16H2/t18-/m0/s1. The van der Waals surface area contributed by atoms with Gasteiger partial charge in [0.2, 0.25) is 5.91 Å². The number of amides is 1. The molecule has 0 bridgehead atoms. The molecule has 2 aliphatic heterocycles. The highest BCUT2D eigenvalue weighted by Gasteiger charge is 2.22. The maximum atomic E-state index is 13.0. The Bertz CT molecular complexity index is 525. The summed E-state index contributed by atoms with van der Waals surface area (Å²) in [5.41, 5.74) is 1.22. The summed E-state index contributed by atoms with van der Waals surface area (Å²) in [5, 5.41) is 0. The normalized spacial score (nSPS) is 22.0. The van der Waals surface area contributed by atoms with E-state index in [-0.39, 0.29) is 5.82 Å². The Morgan fingerprint density at radius 3 is 2.58 bits per heavy atom. The second-order valence-electron chi connectivity index (χ2n) is 7.31. The molecule has 0 aromatic heterocycles. The van der Waals surface area contributed by atoms with Crippen molar-refractivity contribution in [3.63, 3.8) is 0 Å². The molecule has 0 saturated carbocycles. The van der Waals surface area contributed by atoms with Crippen molar-refractivity contribution in [3.8, 4) is 0 Å². The van der Waals surface area contributed by atoms with Gasteiger partial charge >= 0.3 is 0 Å². The Hall–Kier alpha value is -1.42. The third-order valence-corrected chi connectivity index (χ3v) is 5.46. The van der Waals surface area contributed by atoms with Gasteiger partial charge in [0, 0.05) is 32.6 Å². The number of hydrogen-bond acceptors (Lipinski definition) is 2. The summed E-state index contributed by atoms with van der Waals surface area (Å²) in [4.78, 5) is 16.7. The van der Waals surface area contributed by atoms with Crippen LogP contribution in [-0.2, 0) is 11.2 Å². The van der Waals surface area contributed by atoms with Crippen LogP contribution in [0.5, 0.6) is 0 Å². The molecule has 2 saturated heterocycles. The van der Waals surface area contributed by atoms with E-state index in [1.165, 1.54) is 31.2 Å². The number of benzene rings is 1. The number of aryl methyl sites for hydroxylation is 1. The first-order valence-corrected chi connectivity index (χ1v) is 9.45. The smallest absolute Gasteiger partial charge is 0.223 e. The number of piperidine rings is 1. The van der Waals surface area contributed by atoms with E-state index in [1.807, 2.05) is 17.0 Å². The van der Waals surface area contributed by atoms with Crippen molar-refractivity contribution < 1.29 is 9.18 Å². The van der Waals surface area contributed by atoms with Crippen LogP contribution in [0.15, 0.2) is 24.3 Å². The van der Waals surface area contributed by atoms with Gasteiger partial charge in [-0.15, -0.1) is 0 Å². The van der Waals surface area contributed by atoms with Crippen LogP contribution in [0.4, 0.5) is 4.39 Å². The second-order valence-corrected chi connectivity index (χ2v) is 7.31. The molecule has 0 radical (unpaired) electrons. The summed E-state index contributed by atoms with van der Waals surface area (Å²) in [5.74, 6) is 0.872. The van der Waals surface area contributed by atoms with Crippen LogP contribution in [0.1, 0.15) is 44.1 Å². The van der Waals surface area contributed by atoms with Gasteiger partial charge in [0.1, 0.15) is 5.82 Å². The van der Waals surface area contributed by atoms with Crippen molar-refractivity contribution in [2.45, 2.75) is 44.9 Å². The zero-order valence-electron chi connectivity index (χ0n) is 14.6. The quantitative estimate of drug-likeness (QED) is 0.796. The summed E-state index contributed by atoms with van der Waals surface area (Å²) >= 11 is 0. The molecule has 1 amide bonds. The Labute approximate surface area is 144 Å². The van der Waals surface area contributed by atoms with E-state index in [0.29, 0.717) is 18.2 Å². The van der Waals surface area contributed by atoms with E-state index in [4.69, 9.17) is 0 Å². The summed E-state index contributed by atoms with van der Waals surface area (Å²) in [6, 6.07) is 6.88. The number of halogens is 1. The van der Waals surface area contributed by atoms with E-state index < -0.39 is 0 Å². The van der Waals surface area contributed by atoms with E-state index in [2.05, 4.69) is 4.90 Å². The number of rotatable bonds is 6. The average molecular weight is 332 g/mol. The van der Waals surface area contributed by atoms with Crippen LogP contribution in [-0.4, -0.2) is 48.4 Å². The minimum atomic E-state index is -0.162. The van der Waals surface area contributed by atoms with Gasteiger partial charge in [-0.2, -0.15) is 0 Å². The Balaban J connectivity index is 1.39. The molecule has 0 unspecified atom stereocenters. The minimum Gasteiger partial charge on any atom is -0.343 e. The van der Waals surface area contributed by atoms with Crippen LogP contribution in [0, 0.1) is 11.7 Å². The van der Waals surface area contributed by atoms with Crippen LogP contribution < -0.4 is 0 Å². The zero-order valence-corrected chi connectivity index (χ0v) is 14.6. The van der Waals surface area contributed by atoms with Crippen LogP contribution in [0.2, 0.25) is 0 Å². The van der Waals surface area contributed by atoms with E-state index in [0.717, 1.165) is 45.6 Å². The summed E-state index contributed by atoms with van der Waals surface area (Å²) in [6.45, 7) is 5.05. The molecule has 3 rings (SSSR count). The first kappa shape index (κ1) is 17.4. The molecular weight excluding hydrogens is 303 g/mol. The van der Waals surface area contributed by atoms with Crippen LogP contribution >= 0.6 is 0 Å². The van der Waals surface area contributed by atoms with Gasteiger partial charge in [-0.3, -0.25) is 4.79 Å². The number of nitrogens with zero attached hydrogens (tertiary/aromatic N) is 2. The highest BCUT2D eigenvalue weighted by molar-refractivity contribution is 5.76. The largest absolute Gasteiger partial charge is 0.343 e. The van der Waals surface area contributed by atoms with Gasteiger partial charge in [-0.1, -0.05) is 12.1 Å². The summed E-state index contributed by atoms with van der Waals surface area (Å²) in [6.07, 6.45) is 7.68. The molecule has 0 aliphatic carbocycles. The molecule has 24 heavy (non-hydrogen) atoms. The molecule has 2 heterocycles. The lowest BCUT2D eigenvalue weighted by atomic mass is 9.91. The predicted molar refractivity (Wildman–Crippen MR) is 94.3 cm³/mol. The number of carbonyl (C=O) groups is 1. The highest BCUT2D eigenvalue weighted by Crippen LogP contribution is 2.22. The fraction of sp³-hybridized carbons (Fsp3) is 0.650. The fourth-order valence-electron chi connectivity index (χ4n) is 3.99. The van der Waals surface area contributed by atoms with E-state index >= 15 is 0 Å². The highest BCUT2D eigenvalue weighted by atomic mass is 19.1. The second kappa shape index (κ2) is 8.61. The van der Waals surface area contributed by atoms with Crippen LogP contribution in [0.3, 0.4) is 0 Å². The third kappa shape index (κ3) is 5.04. The Morgan fingerprint density at radius 2 is 1.83 bits per heavy atom. The molecule has 2 fully saturated rings. The van der Waals surface area contributed by atoms with Crippen molar-refractivity contribution in [1.29, 1.82) is 0 Å². The number of carbonyl (C=O) groups excluding carboxylic acids is 1. The first-order valence-electron chi connectivity index (χ1n) is 9.45. The predicted octanol–water partition coefficient (Wildman–Crippen LogP) is 3.48. The van der Waals surface area contributed by atoms with E-state index in [9.17, 15) is 9.18 Å². The maximum Gasteiger partial charge on any atom is 0.223 e. The fourth-order valence-corrected chi connectivity index (χ4v) is 3.99. The molecule has 1 aromatic carbocycles. The number of likely N-dealkylation sites (tertiary alicyclic amines) is 2. The van der Waals surface area contributed by atoms with Crippen molar-refractivity contribution in [1.82, 2.24) is 9.80 Å². The molecular formula is C20H29FN2O. The first-order chi connectivity index (χ1) is 11.7. The average Bonchev–Trinajstić information content (AvgIpc) is 3.14. The SMILES string of the molecule is O=C(CCN1CCC[C@@H](CCc2ccc(F)cc2)C1)N1CCCC1. The molecule has 0 spiro atoms. The molecule has 132 valence electrons. The van der Waals surface area contributed by atoms with Crippen molar-refractivity contribution in [2.24, 2.45) is 5.92 Å². The van der Waals surface area contributed by atoms with Gasteiger partial charge in [-0.05, 0) is 68.7 Å². The van der Waals surface area contributed by atoms with Gasteiger partial charge < -0.3 is 9.80 Å². The van der Waals surface area contributed by atoms with Gasteiger partial charge in [-0.25, -0.2) is 4.39 Å². The monoisotopic (exact) mass is 332 g/mol. The Kier molecular flexibility index (Phi) is 6.24. The zero-order chi connectivity index (χ0) is 16.8. The van der Waals surface area contributed by atoms with Crippen molar-refractivity contribution >= 4 is 5.91 Å². The van der Waals surface area contributed by atoms with Gasteiger partial charge in [0.05, 0.1) is 0 Å². The number of hydrogen-bond donors (Lipinski definition) is 0. The lowest BCUT2D eigenvalue weighted by molar-refractivity contribution is -0.130. The Morgan fingerprint density at radius 1 is 1.08 bits per heavy atom. The maximum absolute atomic E-state index is 13.0. The topological polar surface area (TPSA) is 23.6 Å². The lowest BCUT2D eigenvalue weighted by Crippen LogP contribution is -2.38. The molecule has 1 aromatic rings. The van der Waals surface area contributed by atoms with Crippen molar-refractivity contribution in [2.75, 3.05) is 32.7 Å². The van der Waals surface area contributed by atoms with Gasteiger partial charge in [0.25, 0.3) is 0 Å². The van der Waals surface area contributed by atoms with Gasteiger partial charge in [0.15, 0.2) is 0 Å². The molecule has 0 N–H and O–H groups in total. The summed E-state index contributed by atoms with van der Waals surface area (Å²) in [7, 11) is 0. The van der Waals surface area contributed by atoms with E-state index in [1.54, 1.807) is 12.1 Å². The van der Waals surface area contributed by atoms with Crippen molar-refractivity contribution in [3.05, 3.63) is 35.6 Å². The third-order valence-electron chi connectivity index (χ3n) is 5.46. The molecule has 1 atom stereocenters. The van der Waals surface area contributed by atoms with Crippen LogP contribution in [0.25, 0.3) is 0 Å².